The van der Waals surface area contributed by atoms with Gasteiger partial charge in [-0.2, -0.15) is 0 Å². The van der Waals surface area contributed by atoms with Gasteiger partial charge >= 0.3 is 0 Å². The number of rotatable bonds is 6. The molecular weight excluding hydrogens is 715 g/mol. The van der Waals surface area contributed by atoms with E-state index in [0.717, 1.165) is 16.7 Å². The van der Waals surface area contributed by atoms with Crippen molar-refractivity contribution in [2.75, 3.05) is 0 Å². The average Bonchev–Trinajstić information content (AvgIpc) is 3.62. The van der Waals surface area contributed by atoms with Crippen LogP contribution in [0.2, 0.25) is 0 Å². The summed E-state index contributed by atoms with van der Waals surface area (Å²) in [4.78, 5) is 15.4. The van der Waals surface area contributed by atoms with Gasteiger partial charge in [0.05, 0.1) is 5.41 Å². The molecule has 11 aromatic rings. The molecular formula is C56H35N3. The van der Waals surface area contributed by atoms with Crippen LogP contribution in [0.4, 0.5) is 0 Å². The fourth-order valence-electron chi connectivity index (χ4n) is 9.81. The van der Waals surface area contributed by atoms with Gasteiger partial charge in [-0.15, -0.1) is 0 Å². The van der Waals surface area contributed by atoms with E-state index in [9.17, 15) is 0 Å². The van der Waals surface area contributed by atoms with Crippen molar-refractivity contribution in [1.29, 1.82) is 0 Å². The first-order valence-electron chi connectivity index (χ1n) is 20.2. The summed E-state index contributed by atoms with van der Waals surface area (Å²) in [5, 5.41) is 7.71. The monoisotopic (exact) mass is 749 g/mol. The summed E-state index contributed by atoms with van der Waals surface area (Å²) in [5.41, 5.74) is 12.0. The van der Waals surface area contributed by atoms with Gasteiger partial charge in [0, 0.05) is 16.7 Å². The fourth-order valence-corrected chi connectivity index (χ4v) is 9.81. The topological polar surface area (TPSA) is 38.7 Å². The van der Waals surface area contributed by atoms with E-state index in [2.05, 4.69) is 176 Å². The summed E-state index contributed by atoms with van der Waals surface area (Å²) in [7, 11) is 0. The molecule has 0 saturated carbocycles. The molecule has 0 amide bonds. The molecule has 0 N–H and O–H groups in total. The molecule has 3 nitrogen and oxygen atoms in total. The van der Waals surface area contributed by atoms with Crippen LogP contribution in [0.3, 0.4) is 0 Å². The molecule has 12 rings (SSSR count). The highest BCUT2D eigenvalue weighted by atomic mass is 15.0. The smallest absolute Gasteiger partial charge is 0.164 e. The van der Waals surface area contributed by atoms with Gasteiger partial charge in [-0.1, -0.05) is 206 Å². The third kappa shape index (κ3) is 5.05. The first-order chi connectivity index (χ1) is 29.3. The lowest BCUT2D eigenvalue weighted by Crippen LogP contribution is -2.28. The number of fused-ring (bicyclic) bond motifs is 3. The van der Waals surface area contributed by atoms with Gasteiger partial charge in [0.1, 0.15) is 0 Å². The number of hydrogen-bond donors (Lipinski definition) is 0. The van der Waals surface area contributed by atoms with E-state index < -0.39 is 5.41 Å². The molecule has 10 aromatic carbocycles. The van der Waals surface area contributed by atoms with Crippen LogP contribution in [-0.4, -0.2) is 15.0 Å². The number of nitrogens with zero attached hydrogens (tertiary/aromatic N) is 3. The first kappa shape index (κ1) is 33.4. The van der Waals surface area contributed by atoms with Crippen LogP contribution in [0.1, 0.15) is 22.3 Å². The zero-order chi connectivity index (χ0) is 38.9. The number of benzene rings is 10. The first-order valence-corrected chi connectivity index (χ1v) is 20.2. The van der Waals surface area contributed by atoms with E-state index in [1.165, 1.54) is 76.8 Å². The lowest BCUT2D eigenvalue weighted by Gasteiger charge is -2.34. The van der Waals surface area contributed by atoms with Gasteiger partial charge in [-0.3, -0.25) is 0 Å². The Morgan fingerprint density at radius 3 is 1.41 bits per heavy atom. The molecule has 274 valence electrons. The lowest BCUT2D eigenvalue weighted by atomic mass is 9.67. The Morgan fingerprint density at radius 1 is 0.305 bits per heavy atom. The van der Waals surface area contributed by atoms with E-state index >= 15 is 0 Å². The summed E-state index contributed by atoms with van der Waals surface area (Å²) in [5.74, 6) is 1.93. The number of aromatic nitrogens is 3. The van der Waals surface area contributed by atoms with Crippen LogP contribution in [0.5, 0.6) is 0 Å². The largest absolute Gasteiger partial charge is 0.208 e. The molecule has 0 unspecified atom stereocenters. The molecule has 0 fully saturated rings. The van der Waals surface area contributed by atoms with Crippen molar-refractivity contribution in [3.05, 3.63) is 235 Å². The third-order valence-corrected chi connectivity index (χ3v) is 12.4. The fraction of sp³-hybridized carbons (Fsp3) is 0.0179. The van der Waals surface area contributed by atoms with Crippen molar-refractivity contribution < 1.29 is 0 Å². The normalized spacial score (nSPS) is 12.9. The predicted octanol–water partition coefficient (Wildman–Crippen LogP) is 13.8. The van der Waals surface area contributed by atoms with Gasteiger partial charge in [0.15, 0.2) is 17.5 Å². The SMILES string of the molecule is c1ccc(-c2nc(-c3ccccc3)nc(-c3ccc4c(c3)C(c3ccccc3)(c3ccccc3)c3cccc(-c5ccc6ccc7cccc8ccc5c6c78)c3-4)n2)cc1. The van der Waals surface area contributed by atoms with Crippen LogP contribution >= 0.6 is 0 Å². The van der Waals surface area contributed by atoms with Crippen molar-refractivity contribution in [1.82, 2.24) is 15.0 Å². The zero-order valence-corrected chi connectivity index (χ0v) is 32.0. The highest BCUT2D eigenvalue weighted by molar-refractivity contribution is 6.26. The quantitative estimate of drug-likeness (QED) is 0.159. The van der Waals surface area contributed by atoms with Gasteiger partial charge in [-0.25, -0.2) is 15.0 Å². The van der Waals surface area contributed by atoms with Crippen LogP contribution < -0.4 is 0 Å². The van der Waals surface area contributed by atoms with Crippen molar-refractivity contribution in [2.45, 2.75) is 5.41 Å². The Kier molecular flexibility index (Phi) is 7.45. The molecule has 0 aliphatic heterocycles. The molecule has 0 saturated heterocycles. The van der Waals surface area contributed by atoms with E-state index in [1.54, 1.807) is 0 Å². The average molecular weight is 750 g/mol. The van der Waals surface area contributed by atoms with Crippen molar-refractivity contribution >= 4 is 32.3 Å². The molecule has 1 aliphatic carbocycles. The Labute approximate surface area is 342 Å². The van der Waals surface area contributed by atoms with Gasteiger partial charge in [0.25, 0.3) is 0 Å². The summed E-state index contributed by atoms with van der Waals surface area (Å²) in [6.07, 6.45) is 0. The Bertz CT molecular complexity index is 3250. The maximum Gasteiger partial charge on any atom is 0.164 e. The highest BCUT2D eigenvalue weighted by Crippen LogP contribution is 2.59. The lowest BCUT2D eigenvalue weighted by molar-refractivity contribution is 0.768. The van der Waals surface area contributed by atoms with E-state index in [0.29, 0.717) is 17.5 Å². The van der Waals surface area contributed by atoms with Crippen molar-refractivity contribution in [2.24, 2.45) is 0 Å². The second-order valence-electron chi connectivity index (χ2n) is 15.5. The molecule has 3 heteroatoms. The maximum atomic E-state index is 5.18. The van der Waals surface area contributed by atoms with Crippen molar-refractivity contribution in [3.63, 3.8) is 0 Å². The molecule has 0 bridgehead atoms. The number of hydrogen-bond acceptors (Lipinski definition) is 3. The van der Waals surface area contributed by atoms with E-state index in [1.807, 2.05) is 36.4 Å². The minimum atomic E-state index is -0.624. The molecule has 1 heterocycles. The second kappa shape index (κ2) is 13.2. The van der Waals surface area contributed by atoms with Crippen LogP contribution in [-0.2, 0) is 5.41 Å². The molecule has 0 radical (unpaired) electrons. The zero-order valence-electron chi connectivity index (χ0n) is 32.0. The Morgan fingerprint density at radius 2 is 0.797 bits per heavy atom. The minimum absolute atomic E-state index is 0.624. The van der Waals surface area contributed by atoms with Crippen LogP contribution in [0.15, 0.2) is 212 Å². The molecule has 1 aliphatic rings. The molecule has 0 atom stereocenters. The maximum absolute atomic E-state index is 5.18. The third-order valence-electron chi connectivity index (χ3n) is 12.4. The van der Waals surface area contributed by atoms with Gasteiger partial charge in [0.2, 0.25) is 0 Å². The molecule has 59 heavy (non-hydrogen) atoms. The predicted molar refractivity (Wildman–Crippen MR) is 243 cm³/mol. The second-order valence-corrected chi connectivity index (χ2v) is 15.5. The van der Waals surface area contributed by atoms with E-state index in [4.69, 9.17) is 15.0 Å². The van der Waals surface area contributed by atoms with Crippen LogP contribution in [0, 0.1) is 0 Å². The molecule has 0 spiro atoms. The van der Waals surface area contributed by atoms with Gasteiger partial charge in [-0.05, 0) is 82.9 Å². The summed E-state index contributed by atoms with van der Waals surface area (Å²) >= 11 is 0. The summed E-state index contributed by atoms with van der Waals surface area (Å²) in [6.45, 7) is 0. The Balaban J connectivity index is 1.16. The summed E-state index contributed by atoms with van der Waals surface area (Å²) in [6, 6.07) is 76.6. The van der Waals surface area contributed by atoms with E-state index in [-0.39, 0.29) is 0 Å². The Hall–Kier alpha value is -7.75. The molecule has 1 aromatic heterocycles. The van der Waals surface area contributed by atoms with Crippen molar-refractivity contribution in [3.8, 4) is 56.4 Å². The summed E-state index contributed by atoms with van der Waals surface area (Å²) < 4.78 is 0. The van der Waals surface area contributed by atoms with Crippen LogP contribution in [0.25, 0.3) is 88.7 Å². The van der Waals surface area contributed by atoms with Gasteiger partial charge < -0.3 is 0 Å². The minimum Gasteiger partial charge on any atom is -0.208 e. The highest BCUT2D eigenvalue weighted by Gasteiger charge is 2.47. The standard InChI is InChI=1S/C56H35N3/c1-5-15-39(16-6-1)53-57-54(40-17-7-2-8-18-40)59-55(58-53)41-31-34-47-49(35-41)56(42-21-9-3-10-22-42,43-23-11-4-12-24-43)48-26-14-25-45(52(47)48)44-32-29-38-28-27-36-19-13-20-37-30-33-46(44)51(38)50(36)37/h1-35H.